The molecular weight excluding hydrogens is 392 g/mol. The number of rotatable bonds is 8. The Morgan fingerprint density at radius 3 is 2.16 bits per heavy atom. The summed E-state index contributed by atoms with van der Waals surface area (Å²) in [7, 11) is 0. The van der Waals surface area contributed by atoms with Gasteiger partial charge in [0.2, 0.25) is 0 Å². The monoisotopic (exact) mass is 418 g/mol. The quantitative estimate of drug-likeness (QED) is 0.305. The maximum absolute atomic E-state index is 13.6. The molecule has 0 atom stereocenters. The summed E-state index contributed by atoms with van der Waals surface area (Å²) in [6.45, 7) is 6.22. The molecule has 0 unspecified atom stereocenters. The fraction of sp³-hybridized carbons (Fsp3) is 0.103. The molecule has 3 aromatic carbocycles. The molecule has 0 spiro atoms. The maximum Gasteiger partial charge on any atom is 0.263 e. The summed E-state index contributed by atoms with van der Waals surface area (Å²) >= 11 is 0. The van der Waals surface area contributed by atoms with Crippen LogP contribution >= 0.6 is 0 Å². The molecule has 0 radical (unpaired) electrons. The second-order valence-corrected chi connectivity index (χ2v) is 7.18. The molecule has 0 saturated heterocycles. The van der Waals surface area contributed by atoms with E-state index in [0.717, 1.165) is 22.6 Å². The number of benzene rings is 3. The zero-order valence-corrected chi connectivity index (χ0v) is 18.2. The first-order valence-corrected chi connectivity index (χ1v) is 10.4. The van der Waals surface area contributed by atoms with E-state index in [-0.39, 0.29) is 5.91 Å². The van der Waals surface area contributed by atoms with E-state index in [1.165, 1.54) is 0 Å². The molecule has 3 aromatic rings. The molecule has 0 N–H and O–H groups in total. The van der Waals surface area contributed by atoms with Gasteiger partial charge in [-0.1, -0.05) is 67.3 Å². The van der Waals surface area contributed by atoms with E-state index in [0.29, 0.717) is 18.5 Å². The lowest BCUT2D eigenvalue weighted by atomic mass is 10.0. The zero-order chi connectivity index (χ0) is 22.8. The summed E-state index contributed by atoms with van der Waals surface area (Å²) < 4.78 is 0. The van der Waals surface area contributed by atoms with Gasteiger partial charge in [-0.05, 0) is 42.8 Å². The van der Waals surface area contributed by atoms with Gasteiger partial charge in [0.1, 0.15) is 0 Å². The Labute approximate surface area is 190 Å². The third-order valence-electron chi connectivity index (χ3n) is 5.06. The van der Waals surface area contributed by atoms with Gasteiger partial charge in [-0.25, -0.2) is 0 Å². The van der Waals surface area contributed by atoms with E-state index < -0.39 is 0 Å². The van der Waals surface area contributed by atoms with Crippen molar-refractivity contribution in [2.45, 2.75) is 19.9 Å². The van der Waals surface area contributed by atoms with Crippen molar-refractivity contribution in [3.63, 3.8) is 0 Å². The molecule has 0 saturated carbocycles. The summed E-state index contributed by atoms with van der Waals surface area (Å²) in [5.41, 5.74) is 7.09. The van der Waals surface area contributed by atoms with Crippen molar-refractivity contribution in [1.29, 1.82) is 0 Å². The lowest BCUT2D eigenvalue weighted by Gasteiger charge is -2.27. The molecule has 0 heterocycles. The molecule has 0 aliphatic carbocycles. The normalized spacial score (nSPS) is 10.6. The third-order valence-corrected chi connectivity index (χ3v) is 5.06. The number of para-hydroxylation sites is 2. The summed E-state index contributed by atoms with van der Waals surface area (Å²) in [5, 5.41) is 0. The average molecular weight is 419 g/mol. The van der Waals surface area contributed by atoms with Gasteiger partial charge in [-0.2, -0.15) is 0 Å². The molecule has 0 aromatic heterocycles. The summed E-state index contributed by atoms with van der Waals surface area (Å²) in [4.78, 5) is 17.3. The first kappa shape index (κ1) is 22.4. The Kier molecular flexibility index (Phi) is 7.87. The molecule has 3 nitrogen and oxygen atoms in total. The smallest absolute Gasteiger partial charge is 0.263 e. The van der Waals surface area contributed by atoms with Crippen LogP contribution < -0.4 is 9.80 Å². The Bertz CT molecular complexity index is 1170. The van der Waals surface area contributed by atoms with E-state index in [1.807, 2.05) is 97.9 Å². The largest absolute Gasteiger partial charge is 0.341 e. The highest BCUT2D eigenvalue weighted by atomic mass is 16.2. The fourth-order valence-electron chi connectivity index (χ4n) is 3.44. The minimum atomic E-state index is -0.138. The van der Waals surface area contributed by atoms with Gasteiger partial charge in [0.25, 0.3) is 5.91 Å². The van der Waals surface area contributed by atoms with Crippen molar-refractivity contribution in [3.8, 4) is 12.3 Å². The second-order valence-electron chi connectivity index (χ2n) is 7.18. The van der Waals surface area contributed by atoms with Crippen LogP contribution in [-0.4, -0.2) is 5.91 Å². The maximum atomic E-state index is 13.6. The van der Waals surface area contributed by atoms with Crippen molar-refractivity contribution in [2.24, 2.45) is 0 Å². The van der Waals surface area contributed by atoms with Gasteiger partial charge < -0.3 is 4.90 Å². The summed E-state index contributed by atoms with van der Waals surface area (Å²) in [6, 6.07) is 27.2. The highest BCUT2D eigenvalue weighted by Gasteiger charge is 2.20. The van der Waals surface area contributed by atoms with Crippen LogP contribution in [0.3, 0.4) is 0 Å². The van der Waals surface area contributed by atoms with Crippen LogP contribution in [0.2, 0.25) is 0 Å². The van der Waals surface area contributed by atoms with Crippen LogP contribution in [0.5, 0.6) is 0 Å². The number of allylic oxidation sites excluding steroid dienone is 2. The van der Waals surface area contributed by atoms with Crippen LogP contribution in [-0.2, 0) is 6.54 Å². The average Bonchev–Trinajstić information content (AvgIpc) is 2.85. The molecule has 0 bridgehead atoms. The van der Waals surface area contributed by atoms with E-state index in [4.69, 9.17) is 6.42 Å². The Morgan fingerprint density at radius 2 is 1.53 bits per heavy atom. The van der Waals surface area contributed by atoms with Crippen LogP contribution in [0.15, 0.2) is 115 Å². The Balaban J connectivity index is 2.01. The molecule has 158 valence electrons. The van der Waals surface area contributed by atoms with E-state index >= 15 is 0 Å². The molecule has 3 rings (SSSR count). The van der Waals surface area contributed by atoms with Crippen LogP contribution in [0.1, 0.15) is 29.3 Å². The Hall–Kier alpha value is -4.25. The van der Waals surface area contributed by atoms with Gasteiger partial charge in [0.15, 0.2) is 0 Å². The SMILES string of the molecule is C#CC/C=C(\C)N(Cc1ccccc1C(=O)N(C=C=C)c1ccccc1)c1ccccc1. The van der Waals surface area contributed by atoms with Gasteiger partial charge in [-0.3, -0.25) is 9.69 Å². The number of nitrogens with zero attached hydrogens (tertiary/aromatic N) is 2. The lowest BCUT2D eigenvalue weighted by Crippen LogP contribution is -2.28. The highest BCUT2D eigenvalue weighted by molar-refractivity contribution is 6.08. The molecule has 3 heteroatoms. The van der Waals surface area contributed by atoms with Crippen LogP contribution in [0, 0.1) is 12.3 Å². The van der Waals surface area contributed by atoms with Crippen LogP contribution in [0.4, 0.5) is 11.4 Å². The van der Waals surface area contributed by atoms with Gasteiger partial charge in [0, 0.05) is 35.6 Å². The number of amides is 1. The third kappa shape index (κ3) is 5.46. The minimum Gasteiger partial charge on any atom is -0.341 e. The van der Waals surface area contributed by atoms with Gasteiger partial charge in [-0.15, -0.1) is 18.1 Å². The number of anilines is 2. The second kappa shape index (κ2) is 11.2. The van der Waals surface area contributed by atoms with E-state index in [9.17, 15) is 4.79 Å². The predicted octanol–water partition coefficient (Wildman–Crippen LogP) is 6.57. The van der Waals surface area contributed by atoms with E-state index in [2.05, 4.69) is 23.1 Å². The number of hydrogen-bond donors (Lipinski definition) is 0. The van der Waals surface area contributed by atoms with Gasteiger partial charge in [0.05, 0.1) is 6.20 Å². The summed E-state index contributed by atoms with van der Waals surface area (Å²) in [6.07, 6.45) is 9.61. The molecular formula is C29H26N2O. The Morgan fingerprint density at radius 1 is 0.938 bits per heavy atom. The molecule has 0 fully saturated rings. The number of hydrogen-bond acceptors (Lipinski definition) is 2. The number of carbonyl (C=O) groups is 1. The minimum absolute atomic E-state index is 0.138. The highest BCUT2D eigenvalue weighted by Crippen LogP contribution is 2.25. The van der Waals surface area contributed by atoms with Gasteiger partial charge >= 0.3 is 0 Å². The molecule has 32 heavy (non-hydrogen) atoms. The van der Waals surface area contributed by atoms with Crippen molar-refractivity contribution in [2.75, 3.05) is 9.80 Å². The summed E-state index contributed by atoms with van der Waals surface area (Å²) in [5.74, 6) is 2.53. The van der Waals surface area contributed by atoms with Crippen molar-refractivity contribution in [1.82, 2.24) is 0 Å². The molecule has 1 amide bonds. The first-order chi connectivity index (χ1) is 15.7. The predicted molar refractivity (Wildman–Crippen MR) is 133 cm³/mol. The molecule has 0 aliphatic heterocycles. The lowest BCUT2D eigenvalue weighted by molar-refractivity contribution is 0.0997. The van der Waals surface area contributed by atoms with Crippen molar-refractivity contribution in [3.05, 3.63) is 126 Å². The number of terminal acetylenes is 1. The first-order valence-electron chi connectivity index (χ1n) is 10.4. The van der Waals surface area contributed by atoms with E-state index in [1.54, 1.807) is 11.1 Å². The standard InChI is InChI=1S/C29H26N2O/c1-4-6-15-24(3)31(27-19-11-8-12-20-27)23-25-16-13-14-21-28(25)29(32)30(22-5-2)26-17-9-7-10-18-26/h1,7-22H,2,6,23H2,3H3/b24-15+. The topological polar surface area (TPSA) is 23.6 Å². The zero-order valence-electron chi connectivity index (χ0n) is 18.2. The molecule has 0 aliphatic rings. The van der Waals surface area contributed by atoms with Crippen molar-refractivity contribution >= 4 is 17.3 Å². The van der Waals surface area contributed by atoms with Crippen LogP contribution in [0.25, 0.3) is 0 Å². The van der Waals surface area contributed by atoms with Crippen molar-refractivity contribution < 1.29 is 4.79 Å². The number of carbonyl (C=O) groups excluding carboxylic acids is 1. The fourth-order valence-corrected chi connectivity index (χ4v) is 3.44.